The van der Waals surface area contributed by atoms with E-state index in [1.54, 1.807) is 0 Å². The van der Waals surface area contributed by atoms with Crippen LogP contribution in [0, 0.1) is 5.92 Å². The summed E-state index contributed by atoms with van der Waals surface area (Å²) in [7, 11) is 0. The van der Waals surface area contributed by atoms with Crippen LogP contribution in [0.1, 0.15) is 12.8 Å². The summed E-state index contributed by atoms with van der Waals surface area (Å²) in [4.78, 5) is 11.6. The molecule has 0 atom stereocenters. The second-order valence-corrected chi connectivity index (χ2v) is 3.51. The van der Waals surface area contributed by atoms with E-state index in [2.05, 4.69) is 5.32 Å². The van der Waals surface area contributed by atoms with E-state index in [1.807, 2.05) is 0 Å². The van der Waals surface area contributed by atoms with Gasteiger partial charge in [-0.15, -0.1) is 0 Å². The molecule has 0 aromatic rings. The van der Waals surface area contributed by atoms with Gasteiger partial charge in [0.05, 0.1) is 19.8 Å². The summed E-state index contributed by atoms with van der Waals surface area (Å²) in [6.45, 7) is 2.67. The molecule has 1 fully saturated rings. The predicted molar refractivity (Wildman–Crippen MR) is 54.5 cm³/mol. The Labute approximate surface area is 89.8 Å². The van der Waals surface area contributed by atoms with Gasteiger partial charge in [0.15, 0.2) is 0 Å². The quantitative estimate of drug-likeness (QED) is 0.591. The van der Waals surface area contributed by atoms with E-state index in [-0.39, 0.29) is 18.4 Å². The number of hydrogen-bond acceptors (Lipinski definition) is 4. The monoisotopic (exact) mass is 217 g/mol. The van der Waals surface area contributed by atoms with Crippen molar-refractivity contribution in [1.82, 2.24) is 5.32 Å². The molecule has 0 spiro atoms. The molecular formula is C10H19NO4. The van der Waals surface area contributed by atoms with Crippen molar-refractivity contribution in [3.63, 3.8) is 0 Å². The molecule has 1 aliphatic rings. The summed E-state index contributed by atoms with van der Waals surface area (Å²) in [6.07, 6.45) is 1.62. The molecule has 0 radical (unpaired) electrons. The molecule has 0 aliphatic carbocycles. The lowest BCUT2D eigenvalue weighted by molar-refractivity contribution is -0.128. The summed E-state index contributed by atoms with van der Waals surface area (Å²) < 4.78 is 10.2. The molecule has 1 amide bonds. The van der Waals surface area contributed by atoms with Gasteiger partial charge in [0.2, 0.25) is 5.91 Å². The van der Waals surface area contributed by atoms with Crippen LogP contribution in [0.2, 0.25) is 0 Å². The third kappa shape index (κ3) is 5.11. The maximum atomic E-state index is 11.6. The van der Waals surface area contributed by atoms with Crippen LogP contribution in [0.25, 0.3) is 0 Å². The van der Waals surface area contributed by atoms with Gasteiger partial charge in [-0.1, -0.05) is 0 Å². The molecule has 2 N–H and O–H groups in total. The number of ether oxygens (including phenoxy) is 2. The summed E-state index contributed by atoms with van der Waals surface area (Å²) in [5.41, 5.74) is 0. The van der Waals surface area contributed by atoms with E-state index in [0.29, 0.717) is 33.0 Å². The largest absolute Gasteiger partial charge is 0.394 e. The minimum atomic E-state index is 0.0217. The molecule has 5 nitrogen and oxygen atoms in total. The van der Waals surface area contributed by atoms with Crippen LogP contribution < -0.4 is 5.32 Å². The topological polar surface area (TPSA) is 67.8 Å². The fourth-order valence-electron chi connectivity index (χ4n) is 1.52. The third-order valence-electron chi connectivity index (χ3n) is 2.37. The minimum absolute atomic E-state index is 0.0217. The Morgan fingerprint density at radius 3 is 2.80 bits per heavy atom. The number of aliphatic hydroxyl groups is 1. The molecule has 0 unspecified atom stereocenters. The van der Waals surface area contributed by atoms with E-state index < -0.39 is 0 Å². The van der Waals surface area contributed by atoms with Crippen molar-refractivity contribution in [3.05, 3.63) is 0 Å². The summed E-state index contributed by atoms with van der Waals surface area (Å²) in [5, 5.41) is 11.3. The highest BCUT2D eigenvalue weighted by Gasteiger charge is 2.20. The van der Waals surface area contributed by atoms with Crippen molar-refractivity contribution in [1.29, 1.82) is 0 Å². The van der Waals surface area contributed by atoms with E-state index in [4.69, 9.17) is 14.6 Å². The maximum Gasteiger partial charge on any atom is 0.223 e. The standard InChI is InChI=1S/C10H19NO4/c12-4-8-15-7-3-11-10(13)9-1-5-14-6-2-9/h9,12H,1-8H2,(H,11,13). The predicted octanol–water partition coefficient (Wildman–Crippen LogP) is -0.462. The number of rotatable bonds is 6. The summed E-state index contributed by atoms with van der Waals surface area (Å²) in [5.74, 6) is 0.183. The summed E-state index contributed by atoms with van der Waals surface area (Å²) in [6, 6.07) is 0. The maximum absolute atomic E-state index is 11.6. The zero-order valence-corrected chi connectivity index (χ0v) is 8.91. The van der Waals surface area contributed by atoms with Gasteiger partial charge in [0.25, 0.3) is 0 Å². The van der Waals surface area contributed by atoms with Crippen LogP contribution in [0.5, 0.6) is 0 Å². The van der Waals surface area contributed by atoms with Gasteiger partial charge in [0, 0.05) is 25.7 Å². The molecule has 0 saturated carbocycles. The normalized spacial score (nSPS) is 17.7. The summed E-state index contributed by atoms with van der Waals surface area (Å²) >= 11 is 0. The van der Waals surface area contributed by atoms with E-state index in [9.17, 15) is 4.79 Å². The van der Waals surface area contributed by atoms with Gasteiger partial charge in [-0.3, -0.25) is 4.79 Å². The SMILES string of the molecule is O=C(NCCOCCO)C1CCOCC1. The van der Waals surface area contributed by atoms with Gasteiger partial charge in [0.1, 0.15) is 0 Å². The number of carbonyl (C=O) groups excluding carboxylic acids is 1. The van der Waals surface area contributed by atoms with Gasteiger partial charge >= 0.3 is 0 Å². The molecule has 1 saturated heterocycles. The van der Waals surface area contributed by atoms with Gasteiger partial charge in [-0.2, -0.15) is 0 Å². The molecule has 0 bridgehead atoms. The van der Waals surface area contributed by atoms with E-state index in [1.165, 1.54) is 0 Å². The van der Waals surface area contributed by atoms with Gasteiger partial charge in [-0.25, -0.2) is 0 Å². The molecule has 1 aliphatic heterocycles. The first-order chi connectivity index (χ1) is 7.34. The lowest BCUT2D eigenvalue weighted by atomic mass is 9.99. The fraction of sp³-hybridized carbons (Fsp3) is 0.900. The zero-order chi connectivity index (χ0) is 10.9. The van der Waals surface area contributed by atoms with Crippen molar-refractivity contribution in [2.24, 2.45) is 5.92 Å². The first-order valence-corrected chi connectivity index (χ1v) is 5.38. The van der Waals surface area contributed by atoms with Crippen LogP contribution in [0.4, 0.5) is 0 Å². The van der Waals surface area contributed by atoms with Gasteiger partial charge in [-0.05, 0) is 12.8 Å². The van der Waals surface area contributed by atoms with Crippen molar-refractivity contribution >= 4 is 5.91 Å². The Balaban J connectivity index is 2.02. The van der Waals surface area contributed by atoms with Crippen LogP contribution in [-0.4, -0.2) is 50.6 Å². The Kier molecular flexibility index (Phi) is 6.31. The third-order valence-corrected chi connectivity index (χ3v) is 2.37. The lowest BCUT2D eigenvalue weighted by Gasteiger charge is -2.21. The fourth-order valence-corrected chi connectivity index (χ4v) is 1.52. The Morgan fingerprint density at radius 1 is 1.40 bits per heavy atom. The number of nitrogens with one attached hydrogen (secondary N) is 1. The number of amides is 1. The van der Waals surface area contributed by atoms with Gasteiger partial charge < -0.3 is 19.9 Å². The average Bonchev–Trinajstić information content (AvgIpc) is 2.30. The first-order valence-electron chi connectivity index (χ1n) is 5.38. The second kappa shape index (κ2) is 7.62. The molecular weight excluding hydrogens is 198 g/mol. The lowest BCUT2D eigenvalue weighted by Crippen LogP contribution is -2.36. The molecule has 0 aromatic heterocycles. The van der Waals surface area contributed by atoms with E-state index >= 15 is 0 Å². The van der Waals surface area contributed by atoms with Crippen LogP contribution in [0.15, 0.2) is 0 Å². The molecule has 5 heteroatoms. The molecule has 1 heterocycles. The van der Waals surface area contributed by atoms with Crippen molar-refractivity contribution in [2.45, 2.75) is 12.8 Å². The Morgan fingerprint density at radius 2 is 2.13 bits per heavy atom. The van der Waals surface area contributed by atoms with Crippen molar-refractivity contribution < 1.29 is 19.4 Å². The van der Waals surface area contributed by atoms with Crippen LogP contribution in [0.3, 0.4) is 0 Å². The minimum Gasteiger partial charge on any atom is -0.394 e. The van der Waals surface area contributed by atoms with Crippen molar-refractivity contribution in [3.8, 4) is 0 Å². The highest BCUT2D eigenvalue weighted by molar-refractivity contribution is 5.78. The Hall–Kier alpha value is -0.650. The highest BCUT2D eigenvalue weighted by atomic mass is 16.5. The molecule has 0 aromatic carbocycles. The zero-order valence-electron chi connectivity index (χ0n) is 8.91. The number of aliphatic hydroxyl groups excluding tert-OH is 1. The smallest absolute Gasteiger partial charge is 0.223 e. The molecule has 15 heavy (non-hydrogen) atoms. The molecule has 88 valence electrons. The number of carbonyl (C=O) groups is 1. The average molecular weight is 217 g/mol. The molecule has 1 rings (SSSR count). The van der Waals surface area contributed by atoms with Crippen molar-refractivity contribution in [2.75, 3.05) is 39.6 Å². The van der Waals surface area contributed by atoms with E-state index in [0.717, 1.165) is 12.8 Å². The van der Waals surface area contributed by atoms with Crippen LogP contribution in [-0.2, 0) is 14.3 Å². The van der Waals surface area contributed by atoms with Crippen LogP contribution >= 0.6 is 0 Å². The Bertz CT molecular complexity index is 180. The highest BCUT2D eigenvalue weighted by Crippen LogP contribution is 2.14. The first kappa shape index (κ1) is 12.4. The second-order valence-electron chi connectivity index (χ2n) is 3.51. The number of hydrogen-bond donors (Lipinski definition) is 2.